The highest BCUT2D eigenvalue weighted by Gasteiger charge is 2.67. The summed E-state index contributed by atoms with van der Waals surface area (Å²) in [5.41, 5.74) is 3.47. The molecule has 2 aromatic carbocycles. The summed E-state index contributed by atoms with van der Waals surface area (Å²) >= 11 is 0. The molecule has 0 amide bonds. The second kappa shape index (κ2) is 4.75. The van der Waals surface area contributed by atoms with E-state index in [0.717, 1.165) is 35.5 Å². The molecule has 4 aliphatic carbocycles. The van der Waals surface area contributed by atoms with Gasteiger partial charge in [0.2, 0.25) is 0 Å². The molecule has 6 rings (SSSR count). The largest absolute Gasteiger partial charge is 0.0622 e. The molecule has 0 N–H and O–H groups in total. The van der Waals surface area contributed by atoms with E-state index in [0.29, 0.717) is 5.41 Å². The summed E-state index contributed by atoms with van der Waals surface area (Å²) in [4.78, 5) is 0. The van der Waals surface area contributed by atoms with Crippen LogP contribution in [0.4, 0.5) is 0 Å². The van der Waals surface area contributed by atoms with E-state index in [1.54, 1.807) is 24.0 Å². The Morgan fingerprint density at radius 2 is 1.21 bits per heavy atom. The topological polar surface area (TPSA) is 0 Å². The fourth-order valence-electron chi connectivity index (χ4n) is 7.93. The highest BCUT2D eigenvalue weighted by molar-refractivity contribution is 5.44. The molecule has 0 heterocycles. The Bertz CT molecular complexity index is 707. The van der Waals surface area contributed by atoms with Crippen molar-refractivity contribution in [2.75, 3.05) is 0 Å². The molecular formula is C24H26. The first-order valence-corrected chi connectivity index (χ1v) is 9.99. The van der Waals surface area contributed by atoms with Crippen molar-refractivity contribution in [2.24, 2.45) is 35.5 Å². The van der Waals surface area contributed by atoms with Gasteiger partial charge in [0.15, 0.2) is 0 Å². The Balaban J connectivity index is 1.53. The summed E-state index contributed by atoms with van der Waals surface area (Å²) in [6, 6.07) is 23.0. The van der Waals surface area contributed by atoms with E-state index in [9.17, 15) is 0 Å². The first-order chi connectivity index (χ1) is 11.9. The SMILES string of the molecule is c1ccc(C2(c3ccccc3)CC3CC2C2C4CCC(C4)C32)cc1. The van der Waals surface area contributed by atoms with Gasteiger partial charge < -0.3 is 0 Å². The third-order valence-corrected chi connectivity index (χ3v) is 8.41. The molecule has 0 heteroatoms. The lowest BCUT2D eigenvalue weighted by molar-refractivity contribution is 0.100. The fourth-order valence-corrected chi connectivity index (χ4v) is 7.93. The molecule has 4 fully saturated rings. The van der Waals surface area contributed by atoms with Crippen molar-refractivity contribution in [3.63, 3.8) is 0 Å². The smallest absolute Gasteiger partial charge is 0.0236 e. The van der Waals surface area contributed by atoms with Gasteiger partial charge in [0.25, 0.3) is 0 Å². The summed E-state index contributed by atoms with van der Waals surface area (Å²) in [5.74, 6) is 6.09. The van der Waals surface area contributed by atoms with Crippen molar-refractivity contribution in [1.82, 2.24) is 0 Å². The minimum Gasteiger partial charge on any atom is -0.0622 e. The molecule has 4 aliphatic rings. The van der Waals surface area contributed by atoms with Crippen LogP contribution in [0, 0.1) is 35.5 Å². The van der Waals surface area contributed by atoms with Crippen molar-refractivity contribution < 1.29 is 0 Å². The molecule has 4 saturated carbocycles. The molecule has 6 atom stereocenters. The first-order valence-electron chi connectivity index (χ1n) is 9.99. The standard InChI is InChI=1S/C24H26/c1-3-7-19(8-4-1)24(20-9-5-2-6-10-20)15-18-14-21(24)23-17-12-11-16(13-17)22(18)23/h1-10,16-18,21-23H,11-15H2. The number of hydrogen-bond donors (Lipinski definition) is 0. The monoisotopic (exact) mass is 314 g/mol. The van der Waals surface area contributed by atoms with Crippen LogP contribution < -0.4 is 0 Å². The number of fused-ring (bicyclic) bond motifs is 9. The third kappa shape index (κ3) is 1.56. The quantitative estimate of drug-likeness (QED) is 0.626. The van der Waals surface area contributed by atoms with Crippen molar-refractivity contribution in [2.45, 2.75) is 37.5 Å². The molecule has 24 heavy (non-hydrogen) atoms. The molecule has 2 aromatic rings. The Hall–Kier alpha value is -1.56. The molecule has 0 nitrogen and oxygen atoms in total. The molecule has 0 aliphatic heterocycles. The molecule has 0 saturated heterocycles. The van der Waals surface area contributed by atoms with Crippen LogP contribution >= 0.6 is 0 Å². The van der Waals surface area contributed by atoms with Crippen LogP contribution in [0.1, 0.15) is 43.2 Å². The normalized spacial score (nSPS) is 40.8. The lowest BCUT2D eigenvalue weighted by Gasteiger charge is -2.47. The lowest BCUT2D eigenvalue weighted by atomic mass is 9.56. The third-order valence-electron chi connectivity index (χ3n) is 8.41. The predicted molar refractivity (Wildman–Crippen MR) is 97.7 cm³/mol. The van der Waals surface area contributed by atoms with Gasteiger partial charge in [-0.25, -0.2) is 0 Å². The Morgan fingerprint density at radius 3 is 1.83 bits per heavy atom. The second-order valence-electron chi connectivity index (χ2n) is 9.00. The predicted octanol–water partition coefficient (Wildman–Crippen LogP) is 5.67. The number of hydrogen-bond acceptors (Lipinski definition) is 0. The van der Waals surface area contributed by atoms with Gasteiger partial charge in [-0.1, -0.05) is 60.7 Å². The van der Waals surface area contributed by atoms with E-state index in [1.807, 2.05) is 0 Å². The van der Waals surface area contributed by atoms with Crippen molar-refractivity contribution >= 4 is 0 Å². The maximum Gasteiger partial charge on any atom is 0.0236 e. The molecule has 0 aromatic heterocycles. The minimum absolute atomic E-state index is 0.291. The average molecular weight is 314 g/mol. The van der Waals surface area contributed by atoms with E-state index in [4.69, 9.17) is 0 Å². The Morgan fingerprint density at radius 1 is 0.625 bits per heavy atom. The van der Waals surface area contributed by atoms with Crippen LogP contribution in [0.5, 0.6) is 0 Å². The zero-order chi connectivity index (χ0) is 15.7. The van der Waals surface area contributed by atoms with Gasteiger partial charge in [-0.15, -0.1) is 0 Å². The maximum atomic E-state index is 2.41. The summed E-state index contributed by atoms with van der Waals surface area (Å²) in [5, 5.41) is 0. The zero-order valence-electron chi connectivity index (χ0n) is 14.3. The van der Waals surface area contributed by atoms with Gasteiger partial charge in [-0.3, -0.25) is 0 Å². The van der Waals surface area contributed by atoms with E-state index in [1.165, 1.54) is 19.3 Å². The Kier molecular flexibility index (Phi) is 2.71. The minimum atomic E-state index is 0.291. The zero-order valence-corrected chi connectivity index (χ0v) is 14.3. The Labute approximate surface area is 145 Å². The van der Waals surface area contributed by atoms with E-state index in [-0.39, 0.29) is 0 Å². The first kappa shape index (κ1) is 13.7. The van der Waals surface area contributed by atoms with Crippen LogP contribution in [0.25, 0.3) is 0 Å². The van der Waals surface area contributed by atoms with E-state index >= 15 is 0 Å². The van der Waals surface area contributed by atoms with Crippen LogP contribution in [-0.2, 0) is 5.41 Å². The van der Waals surface area contributed by atoms with Gasteiger partial charge in [0, 0.05) is 5.41 Å². The van der Waals surface area contributed by atoms with Gasteiger partial charge in [-0.2, -0.15) is 0 Å². The second-order valence-corrected chi connectivity index (χ2v) is 9.00. The summed E-state index contributed by atoms with van der Waals surface area (Å²) in [6.45, 7) is 0. The lowest BCUT2D eigenvalue weighted by Crippen LogP contribution is -2.43. The summed E-state index contributed by atoms with van der Waals surface area (Å²) in [7, 11) is 0. The van der Waals surface area contributed by atoms with Crippen LogP contribution in [0.3, 0.4) is 0 Å². The highest BCUT2D eigenvalue weighted by Crippen LogP contribution is 2.73. The molecule has 0 spiro atoms. The molecule has 0 radical (unpaired) electrons. The number of benzene rings is 2. The van der Waals surface area contributed by atoms with Crippen LogP contribution in [-0.4, -0.2) is 0 Å². The summed E-state index contributed by atoms with van der Waals surface area (Å²) < 4.78 is 0. The van der Waals surface area contributed by atoms with Crippen LogP contribution in [0.2, 0.25) is 0 Å². The van der Waals surface area contributed by atoms with Crippen molar-refractivity contribution in [1.29, 1.82) is 0 Å². The number of rotatable bonds is 2. The molecule has 122 valence electrons. The maximum absolute atomic E-state index is 2.41. The van der Waals surface area contributed by atoms with Crippen LogP contribution in [0.15, 0.2) is 60.7 Å². The van der Waals surface area contributed by atoms with E-state index in [2.05, 4.69) is 60.7 Å². The van der Waals surface area contributed by atoms with Gasteiger partial charge >= 0.3 is 0 Å². The van der Waals surface area contributed by atoms with E-state index < -0.39 is 0 Å². The van der Waals surface area contributed by atoms with Gasteiger partial charge in [0.05, 0.1) is 0 Å². The molecule has 6 unspecified atom stereocenters. The summed E-state index contributed by atoms with van der Waals surface area (Å²) in [6.07, 6.45) is 7.51. The fraction of sp³-hybridized carbons (Fsp3) is 0.500. The highest BCUT2D eigenvalue weighted by atomic mass is 14.7. The molecule has 4 bridgehead atoms. The molecular weight excluding hydrogens is 288 g/mol. The van der Waals surface area contributed by atoms with Gasteiger partial charge in [0.1, 0.15) is 0 Å². The van der Waals surface area contributed by atoms with Gasteiger partial charge in [-0.05, 0) is 78.7 Å². The van der Waals surface area contributed by atoms with Crippen molar-refractivity contribution in [3.05, 3.63) is 71.8 Å². The van der Waals surface area contributed by atoms with Crippen molar-refractivity contribution in [3.8, 4) is 0 Å². The average Bonchev–Trinajstić information content (AvgIpc) is 3.41.